The predicted octanol–water partition coefficient (Wildman–Crippen LogP) is 4.64. The quantitative estimate of drug-likeness (QED) is 0.534. The van der Waals surface area contributed by atoms with Crippen molar-refractivity contribution < 1.29 is 17.9 Å². The minimum atomic E-state index is -3.71. The van der Waals surface area contributed by atoms with E-state index in [0.29, 0.717) is 17.1 Å². The fourth-order valence-corrected chi connectivity index (χ4v) is 5.15. The van der Waals surface area contributed by atoms with Gasteiger partial charge in [0.1, 0.15) is 11.8 Å². The van der Waals surface area contributed by atoms with Crippen molar-refractivity contribution in [3.8, 4) is 5.75 Å². The zero-order valence-corrected chi connectivity index (χ0v) is 19.1. The van der Waals surface area contributed by atoms with Crippen molar-refractivity contribution >= 4 is 39.1 Å². The Hall–Kier alpha value is -2.97. The number of ether oxygens (including phenoxy) is 1. The SMILES string of the molecule is COc1ccc(N([C@@H](C)C(=O)Nc2ccccc2Sc2ccccc2)S(C)(=O)=O)cc1. The second-order valence-corrected chi connectivity index (χ2v) is 9.81. The number of amides is 1. The van der Waals surface area contributed by atoms with Crippen LogP contribution in [-0.2, 0) is 14.8 Å². The van der Waals surface area contributed by atoms with Crippen molar-refractivity contribution in [3.05, 3.63) is 78.9 Å². The van der Waals surface area contributed by atoms with Gasteiger partial charge in [0.2, 0.25) is 15.9 Å². The molecule has 0 fully saturated rings. The molecule has 0 aliphatic heterocycles. The molecule has 8 heteroatoms. The highest BCUT2D eigenvalue weighted by atomic mass is 32.2. The number of sulfonamides is 1. The van der Waals surface area contributed by atoms with Crippen LogP contribution in [0.15, 0.2) is 88.7 Å². The summed E-state index contributed by atoms with van der Waals surface area (Å²) in [7, 11) is -2.17. The first-order chi connectivity index (χ1) is 14.8. The van der Waals surface area contributed by atoms with Gasteiger partial charge in [0.15, 0.2) is 0 Å². The van der Waals surface area contributed by atoms with E-state index in [9.17, 15) is 13.2 Å². The molecule has 0 spiro atoms. The maximum Gasteiger partial charge on any atom is 0.248 e. The average molecular weight is 457 g/mol. The van der Waals surface area contributed by atoms with Crippen LogP contribution in [0.2, 0.25) is 0 Å². The van der Waals surface area contributed by atoms with Gasteiger partial charge in [-0.15, -0.1) is 0 Å². The van der Waals surface area contributed by atoms with E-state index in [1.165, 1.54) is 18.9 Å². The number of rotatable bonds is 8. The molecule has 162 valence electrons. The van der Waals surface area contributed by atoms with Crippen LogP contribution in [0.4, 0.5) is 11.4 Å². The van der Waals surface area contributed by atoms with Gasteiger partial charge in [0.25, 0.3) is 0 Å². The van der Waals surface area contributed by atoms with Gasteiger partial charge in [-0.05, 0) is 55.5 Å². The van der Waals surface area contributed by atoms with Crippen LogP contribution < -0.4 is 14.4 Å². The summed E-state index contributed by atoms with van der Waals surface area (Å²) in [6.07, 6.45) is 1.08. The number of nitrogens with one attached hydrogen (secondary N) is 1. The van der Waals surface area contributed by atoms with Gasteiger partial charge in [-0.3, -0.25) is 9.10 Å². The lowest BCUT2D eigenvalue weighted by molar-refractivity contribution is -0.116. The molecule has 1 atom stereocenters. The Morgan fingerprint density at radius 2 is 1.58 bits per heavy atom. The molecule has 0 saturated carbocycles. The predicted molar refractivity (Wildman–Crippen MR) is 125 cm³/mol. The third-order valence-electron chi connectivity index (χ3n) is 4.53. The van der Waals surface area contributed by atoms with E-state index in [4.69, 9.17) is 4.74 Å². The third-order valence-corrected chi connectivity index (χ3v) is 6.86. The van der Waals surface area contributed by atoms with Gasteiger partial charge < -0.3 is 10.1 Å². The highest BCUT2D eigenvalue weighted by Gasteiger charge is 2.29. The summed E-state index contributed by atoms with van der Waals surface area (Å²) in [6, 6.07) is 22.8. The fourth-order valence-electron chi connectivity index (χ4n) is 3.05. The summed E-state index contributed by atoms with van der Waals surface area (Å²) in [5, 5.41) is 2.88. The van der Waals surface area contributed by atoms with Crippen molar-refractivity contribution in [3.63, 3.8) is 0 Å². The average Bonchev–Trinajstić information content (AvgIpc) is 2.75. The third kappa shape index (κ3) is 5.80. The summed E-state index contributed by atoms with van der Waals surface area (Å²) in [5.74, 6) is 0.170. The Kier molecular flexibility index (Phi) is 7.25. The van der Waals surface area contributed by atoms with Crippen molar-refractivity contribution in [1.29, 1.82) is 0 Å². The van der Waals surface area contributed by atoms with Crippen molar-refractivity contribution in [2.75, 3.05) is 23.0 Å². The summed E-state index contributed by atoms with van der Waals surface area (Å²) >= 11 is 1.52. The number of nitrogens with zero attached hydrogens (tertiary/aromatic N) is 1. The van der Waals surface area contributed by atoms with Crippen LogP contribution in [0, 0.1) is 0 Å². The molecule has 3 aromatic rings. The molecule has 6 nitrogen and oxygen atoms in total. The molecule has 0 aliphatic rings. The van der Waals surface area contributed by atoms with Crippen LogP contribution >= 0.6 is 11.8 Å². The topological polar surface area (TPSA) is 75.7 Å². The molecule has 31 heavy (non-hydrogen) atoms. The van der Waals surface area contributed by atoms with E-state index < -0.39 is 22.0 Å². The molecule has 1 amide bonds. The second-order valence-electron chi connectivity index (χ2n) is 6.83. The minimum Gasteiger partial charge on any atom is -0.497 e. The largest absolute Gasteiger partial charge is 0.497 e. The first kappa shape index (κ1) is 22.7. The normalized spacial score (nSPS) is 12.1. The molecule has 0 heterocycles. The van der Waals surface area contributed by atoms with Gasteiger partial charge >= 0.3 is 0 Å². The number of carbonyl (C=O) groups excluding carboxylic acids is 1. The molecular weight excluding hydrogens is 432 g/mol. The van der Waals surface area contributed by atoms with Crippen molar-refractivity contribution in [2.45, 2.75) is 22.8 Å². The van der Waals surface area contributed by atoms with E-state index in [-0.39, 0.29) is 0 Å². The number of hydrogen-bond donors (Lipinski definition) is 1. The first-order valence-corrected chi connectivity index (χ1v) is 12.2. The highest BCUT2D eigenvalue weighted by molar-refractivity contribution is 7.99. The van der Waals surface area contributed by atoms with Crippen LogP contribution in [0.25, 0.3) is 0 Å². The molecule has 0 radical (unpaired) electrons. The summed E-state index contributed by atoms with van der Waals surface area (Å²) in [4.78, 5) is 15.0. The van der Waals surface area contributed by atoms with Gasteiger partial charge in [-0.25, -0.2) is 8.42 Å². The standard InChI is InChI=1S/C23H24N2O4S2/c1-17(25(31(3,27)28)18-13-15-19(29-2)16-14-18)23(26)24-21-11-7-8-12-22(21)30-20-9-5-4-6-10-20/h4-17H,1-3H3,(H,24,26)/t17-/m0/s1. The van der Waals surface area contributed by atoms with Crippen LogP contribution in [0.1, 0.15) is 6.92 Å². The van der Waals surface area contributed by atoms with E-state index >= 15 is 0 Å². The molecule has 1 N–H and O–H groups in total. The lowest BCUT2D eigenvalue weighted by Crippen LogP contribution is -2.45. The zero-order chi connectivity index (χ0) is 22.4. The Morgan fingerprint density at radius 3 is 2.19 bits per heavy atom. The molecule has 3 rings (SSSR count). The molecule has 0 saturated heterocycles. The molecule has 0 unspecified atom stereocenters. The molecule has 3 aromatic carbocycles. The zero-order valence-electron chi connectivity index (χ0n) is 17.5. The van der Waals surface area contributed by atoms with Gasteiger partial charge in [0, 0.05) is 9.79 Å². The van der Waals surface area contributed by atoms with Crippen LogP contribution in [0.3, 0.4) is 0 Å². The number of anilines is 2. The fraction of sp³-hybridized carbons (Fsp3) is 0.174. The van der Waals surface area contributed by atoms with Gasteiger partial charge in [-0.2, -0.15) is 0 Å². The van der Waals surface area contributed by atoms with Crippen molar-refractivity contribution in [1.82, 2.24) is 0 Å². The number of para-hydroxylation sites is 1. The maximum absolute atomic E-state index is 13.1. The van der Waals surface area contributed by atoms with E-state index in [0.717, 1.165) is 20.4 Å². The number of benzene rings is 3. The molecule has 0 aromatic heterocycles. The Morgan fingerprint density at radius 1 is 0.968 bits per heavy atom. The van der Waals surface area contributed by atoms with Crippen LogP contribution in [-0.4, -0.2) is 33.7 Å². The lowest BCUT2D eigenvalue weighted by atomic mass is 10.2. The summed E-state index contributed by atoms with van der Waals surface area (Å²) < 4.78 is 31.2. The summed E-state index contributed by atoms with van der Waals surface area (Å²) in [6.45, 7) is 1.56. The Balaban J connectivity index is 1.84. The number of hydrogen-bond acceptors (Lipinski definition) is 5. The van der Waals surface area contributed by atoms with E-state index in [1.54, 1.807) is 37.3 Å². The van der Waals surface area contributed by atoms with E-state index in [1.807, 2.05) is 48.5 Å². The Labute approximate surface area is 187 Å². The van der Waals surface area contributed by atoms with E-state index in [2.05, 4.69) is 5.32 Å². The first-order valence-electron chi connectivity index (χ1n) is 9.56. The monoisotopic (exact) mass is 456 g/mol. The summed E-state index contributed by atoms with van der Waals surface area (Å²) in [5.41, 5.74) is 1.01. The number of methoxy groups -OCH3 is 1. The van der Waals surface area contributed by atoms with Crippen LogP contribution in [0.5, 0.6) is 5.75 Å². The molecule has 0 aliphatic carbocycles. The van der Waals surface area contributed by atoms with Gasteiger partial charge in [-0.1, -0.05) is 42.1 Å². The highest BCUT2D eigenvalue weighted by Crippen LogP contribution is 2.33. The second kappa shape index (κ2) is 9.89. The lowest BCUT2D eigenvalue weighted by Gasteiger charge is -2.28. The molecular formula is C23H24N2O4S2. The maximum atomic E-state index is 13.1. The van der Waals surface area contributed by atoms with Crippen molar-refractivity contribution in [2.24, 2.45) is 0 Å². The smallest absolute Gasteiger partial charge is 0.248 e. The minimum absolute atomic E-state index is 0.387. The Bertz CT molecular complexity index is 1130. The number of carbonyl (C=O) groups is 1. The molecule has 0 bridgehead atoms. The van der Waals surface area contributed by atoms with Gasteiger partial charge in [0.05, 0.1) is 24.7 Å².